The molecular weight excluding hydrogens is 330 g/mol. The molecule has 1 aromatic heterocycles. The topological polar surface area (TPSA) is 80.7 Å². The van der Waals surface area contributed by atoms with Crippen LogP contribution >= 0.6 is 11.3 Å². The minimum Gasteiger partial charge on any atom is -0.479 e. The van der Waals surface area contributed by atoms with Crippen LogP contribution in [-0.4, -0.2) is 22.6 Å². The van der Waals surface area contributed by atoms with Gasteiger partial charge in [-0.25, -0.2) is 13.6 Å². The summed E-state index contributed by atoms with van der Waals surface area (Å²) in [6.45, 7) is -0.0284. The number of Topliss-reactive ketones (excluding diaryl/α,β-unsaturated/α-hetero) is 2. The summed E-state index contributed by atoms with van der Waals surface area (Å²) in [5.74, 6) is -5.41. The summed E-state index contributed by atoms with van der Waals surface area (Å²) < 4.78 is 31.2. The molecule has 0 amide bonds. The van der Waals surface area contributed by atoms with Crippen LogP contribution in [-0.2, 0) is 16.2 Å². The number of carboxylic acid groups (broad SMARTS) is 1. The molecule has 1 heterocycles. The van der Waals surface area contributed by atoms with Crippen LogP contribution in [0, 0.1) is 11.6 Å². The van der Waals surface area contributed by atoms with Crippen LogP contribution in [0.5, 0.6) is 5.06 Å². The van der Waals surface area contributed by atoms with Crippen molar-refractivity contribution in [1.82, 2.24) is 0 Å². The van der Waals surface area contributed by atoms with Crippen LogP contribution in [0.4, 0.5) is 8.78 Å². The fourth-order valence-electron chi connectivity index (χ4n) is 1.64. The molecule has 0 radical (unpaired) electrons. The van der Waals surface area contributed by atoms with Gasteiger partial charge in [0.15, 0.2) is 22.5 Å². The third kappa shape index (κ3) is 4.43. The number of carbonyl (C=O) groups is 3. The standard InChI is InChI=1S/C15H10F2O5S/c16-9-2-1-8(5-10(9)17)7-22-14-4-3-13(23-14)11(18)6-12(19)15(20)21/h1-5H,6-7H2,(H,20,21). The van der Waals surface area contributed by atoms with E-state index >= 15 is 0 Å². The molecule has 0 atom stereocenters. The molecule has 0 aliphatic carbocycles. The number of carbonyl (C=O) groups excluding carboxylic acids is 2. The van der Waals surface area contributed by atoms with E-state index in [0.29, 0.717) is 10.6 Å². The van der Waals surface area contributed by atoms with E-state index in [4.69, 9.17) is 9.84 Å². The van der Waals surface area contributed by atoms with Gasteiger partial charge < -0.3 is 9.84 Å². The van der Waals surface area contributed by atoms with Crippen molar-refractivity contribution in [2.75, 3.05) is 0 Å². The smallest absolute Gasteiger partial charge is 0.372 e. The van der Waals surface area contributed by atoms with Crippen molar-refractivity contribution in [2.24, 2.45) is 0 Å². The Hall–Kier alpha value is -2.61. The van der Waals surface area contributed by atoms with E-state index in [1.54, 1.807) is 0 Å². The van der Waals surface area contributed by atoms with E-state index in [0.717, 1.165) is 23.5 Å². The van der Waals surface area contributed by atoms with Gasteiger partial charge in [0.1, 0.15) is 6.61 Å². The number of halogens is 2. The Balaban J connectivity index is 1.96. The molecule has 2 rings (SSSR count). The molecule has 1 N–H and O–H groups in total. The fraction of sp³-hybridized carbons (Fsp3) is 0.133. The normalized spacial score (nSPS) is 10.3. The third-order valence-electron chi connectivity index (χ3n) is 2.78. The summed E-state index contributed by atoms with van der Waals surface area (Å²) in [4.78, 5) is 33.3. The van der Waals surface area contributed by atoms with Crippen molar-refractivity contribution >= 4 is 28.9 Å². The van der Waals surface area contributed by atoms with E-state index in [9.17, 15) is 23.2 Å². The molecule has 0 unspecified atom stereocenters. The van der Waals surface area contributed by atoms with Gasteiger partial charge in [-0.1, -0.05) is 17.4 Å². The van der Waals surface area contributed by atoms with Crippen LogP contribution in [0.2, 0.25) is 0 Å². The van der Waals surface area contributed by atoms with Crippen molar-refractivity contribution < 1.29 is 33.0 Å². The first-order valence-electron chi connectivity index (χ1n) is 6.32. The predicted octanol–water partition coefficient (Wildman–Crippen LogP) is 2.83. The molecule has 2 aromatic rings. The quantitative estimate of drug-likeness (QED) is 0.476. The maximum Gasteiger partial charge on any atom is 0.372 e. The molecule has 0 aliphatic rings. The van der Waals surface area contributed by atoms with Crippen LogP contribution in [0.1, 0.15) is 21.7 Å². The van der Waals surface area contributed by atoms with Crippen molar-refractivity contribution in [3.8, 4) is 5.06 Å². The lowest BCUT2D eigenvalue weighted by molar-refractivity contribution is -0.148. The molecule has 120 valence electrons. The molecule has 5 nitrogen and oxygen atoms in total. The van der Waals surface area contributed by atoms with E-state index in [1.165, 1.54) is 18.2 Å². The number of rotatable bonds is 7. The van der Waals surface area contributed by atoms with Gasteiger partial charge in [-0.2, -0.15) is 0 Å². The summed E-state index contributed by atoms with van der Waals surface area (Å²) in [7, 11) is 0. The largest absolute Gasteiger partial charge is 0.479 e. The van der Waals surface area contributed by atoms with Gasteiger partial charge >= 0.3 is 5.97 Å². The SMILES string of the molecule is O=C(O)C(=O)CC(=O)c1ccc(OCc2ccc(F)c(F)c2)s1. The van der Waals surface area contributed by atoms with E-state index in [-0.39, 0.29) is 11.5 Å². The van der Waals surface area contributed by atoms with E-state index in [2.05, 4.69) is 0 Å². The highest BCUT2D eigenvalue weighted by molar-refractivity contribution is 7.15. The zero-order valence-corrected chi connectivity index (χ0v) is 12.4. The van der Waals surface area contributed by atoms with Gasteiger partial charge in [0, 0.05) is 0 Å². The predicted molar refractivity (Wildman–Crippen MR) is 76.6 cm³/mol. The lowest BCUT2D eigenvalue weighted by Gasteiger charge is -2.03. The van der Waals surface area contributed by atoms with Crippen molar-refractivity contribution in [3.05, 3.63) is 52.4 Å². The number of hydrogen-bond acceptors (Lipinski definition) is 5. The van der Waals surface area contributed by atoms with Gasteiger partial charge in [-0.3, -0.25) is 9.59 Å². The molecule has 0 fully saturated rings. The Bertz CT molecular complexity index is 769. The number of thiophene rings is 1. The second-order valence-electron chi connectivity index (χ2n) is 4.48. The molecular formula is C15H10F2O5S. The average Bonchev–Trinajstić information content (AvgIpc) is 2.97. The Labute approximate surface area is 133 Å². The second kappa shape index (κ2) is 7.10. The van der Waals surface area contributed by atoms with Crippen LogP contribution in [0.3, 0.4) is 0 Å². The fourth-order valence-corrected chi connectivity index (χ4v) is 2.43. The number of ether oxygens (including phenoxy) is 1. The minimum atomic E-state index is -1.66. The van der Waals surface area contributed by atoms with Gasteiger partial charge in [-0.05, 0) is 29.8 Å². The zero-order valence-electron chi connectivity index (χ0n) is 11.5. The molecule has 0 saturated carbocycles. The summed E-state index contributed by atoms with van der Waals surface area (Å²) in [6.07, 6.45) is -0.724. The summed E-state index contributed by atoms with van der Waals surface area (Å²) >= 11 is 0.937. The number of benzene rings is 1. The third-order valence-corrected chi connectivity index (χ3v) is 3.82. The lowest BCUT2D eigenvalue weighted by Crippen LogP contribution is -2.16. The second-order valence-corrected chi connectivity index (χ2v) is 5.53. The first kappa shape index (κ1) is 16.8. The Morgan fingerprint density at radius 3 is 2.48 bits per heavy atom. The molecule has 0 aliphatic heterocycles. The van der Waals surface area contributed by atoms with Crippen LogP contribution in [0.25, 0.3) is 0 Å². The maximum atomic E-state index is 13.0. The summed E-state index contributed by atoms with van der Waals surface area (Å²) in [5, 5.41) is 8.79. The molecule has 23 heavy (non-hydrogen) atoms. The van der Waals surface area contributed by atoms with Crippen molar-refractivity contribution in [1.29, 1.82) is 0 Å². The lowest BCUT2D eigenvalue weighted by atomic mass is 10.2. The van der Waals surface area contributed by atoms with E-state index < -0.39 is 35.6 Å². The highest BCUT2D eigenvalue weighted by atomic mass is 32.1. The number of hydrogen-bond donors (Lipinski definition) is 1. The first-order valence-corrected chi connectivity index (χ1v) is 7.14. The maximum absolute atomic E-state index is 13.0. The molecule has 0 spiro atoms. The van der Waals surface area contributed by atoms with Crippen LogP contribution < -0.4 is 4.74 Å². The van der Waals surface area contributed by atoms with Crippen LogP contribution in [0.15, 0.2) is 30.3 Å². The Morgan fingerprint density at radius 2 is 1.83 bits per heavy atom. The van der Waals surface area contributed by atoms with Gasteiger partial charge in [0.25, 0.3) is 0 Å². The number of ketones is 2. The zero-order chi connectivity index (χ0) is 17.0. The van der Waals surface area contributed by atoms with Gasteiger partial charge in [-0.15, -0.1) is 0 Å². The monoisotopic (exact) mass is 340 g/mol. The van der Waals surface area contributed by atoms with Crippen molar-refractivity contribution in [2.45, 2.75) is 13.0 Å². The molecule has 1 aromatic carbocycles. The summed E-state index contributed by atoms with van der Waals surface area (Å²) in [5.41, 5.74) is 0.409. The summed E-state index contributed by atoms with van der Waals surface area (Å²) in [6, 6.07) is 6.23. The highest BCUT2D eigenvalue weighted by Crippen LogP contribution is 2.26. The Kier molecular flexibility index (Phi) is 5.17. The first-order chi connectivity index (χ1) is 10.9. The number of carboxylic acids is 1. The molecule has 0 bridgehead atoms. The highest BCUT2D eigenvalue weighted by Gasteiger charge is 2.19. The van der Waals surface area contributed by atoms with Crippen molar-refractivity contribution in [3.63, 3.8) is 0 Å². The van der Waals surface area contributed by atoms with Gasteiger partial charge in [0.2, 0.25) is 5.78 Å². The Morgan fingerprint density at radius 1 is 1.09 bits per heavy atom. The average molecular weight is 340 g/mol. The number of aliphatic carboxylic acids is 1. The van der Waals surface area contributed by atoms with E-state index in [1.807, 2.05) is 0 Å². The van der Waals surface area contributed by atoms with Gasteiger partial charge in [0.05, 0.1) is 11.3 Å². The minimum absolute atomic E-state index is 0.0284. The molecule has 0 saturated heterocycles. The molecule has 8 heteroatoms.